The molecule has 0 aliphatic heterocycles. The lowest BCUT2D eigenvalue weighted by Gasteiger charge is -2.32. The molecule has 4 aliphatic rings. The molecule has 4 aliphatic carbocycles. The van der Waals surface area contributed by atoms with Crippen molar-refractivity contribution in [1.82, 2.24) is 0 Å². The maximum absolute atomic E-state index is 2.45. The Balaban J connectivity index is 0.991. The van der Waals surface area contributed by atoms with Crippen LogP contribution in [0.4, 0.5) is 17.1 Å². The fourth-order valence-electron chi connectivity index (χ4n) is 11.1. The van der Waals surface area contributed by atoms with Crippen LogP contribution in [-0.2, 0) is 10.8 Å². The first-order valence-electron chi connectivity index (χ1n) is 21.1. The first kappa shape index (κ1) is 34.1. The van der Waals surface area contributed by atoms with Gasteiger partial charge in [0.1, 0.15) is 0 Å². The molecule has 0 N–H and O–H groups in total. The van der Waals surface area contributed by atoms with Crippen molar-refractivity contribution in [2.24, 2.45) is 0 Å². The second-order valence-electron chi connectivity index (χ2n) is 17.1. The van der Waals surface area contributed by atoms with Crippen molar-refractivity contribution in [2.45, 2.75) is 37.5 Å². The van der Waals surface area contributed by atoms with E-state index in [9.17, 15) is 0 Å². The summed E-state index contributed by atoms with van der Waals surface area (Å²) in [5, 5.41) is 0. The maximum atomic E-state index is 2.45. The Morgan fingerprint density at radius 1 is 0.407 bits per heavy atom. The number of para-hydroxylation sites is 1. The quantitative estimate of drug-likeness (QED) is 0.169. The fraction of sp³-hybridized carbons (Fsp3) is 0.103. The molecule has 0 aromatic heterocycles. The van der Waals surface area contributed by atoms with Crippen molar-refractivity contribution < 1.29 is 0 Å². The molecule has 0 amide bonds. The third-order valence-electron chi connectivity index (χ3n) is 13.8. The van der Waals surface area contributed by atoms with Gasteiger partial charge in [0, 0.05) is 22.4 Å². The van der Waals surface area contributed by atoms with E-state index < -0.39 is 0 Å². The van der Waals surface area contributed by atoms with Crippen molar-refractivity contribution in [2.75, 3.05) is 4.90 Å². The molecule has 59 heavy (non-hydrogen) atoms. The highest BCUT2D eigenvalue weighted by Gasteiger charge is 2.52. The van der Waals surface area contributed by atoms with E-state index in [1.807, 2.05) is 0 Å². The number of allylic oxidation sites excluding steroid dienone is 4. The van der Waals surface area contributed by atoms with Crippen LogP contribution in [0.25, 0.3) is 50.1 Å². The van der Waals surface area contributed by atoms with E-state index in [4.69, 9.17) is 0 Å². The molecule has 0 fully saturated rings. The SMILES string of the molecule is CC1(C)c2ccccc2-c2ccc(N(c3ccc(-c4ccc5c(c4)-c4ccccc4C54C5=C(CCC=C5)c5ccccc54)cc3)c3ccccc3-c3ccccc3)cc21. The van der Waals surface area contributed by atoms with Gasteiger partial charge < -0.3 is 4.90 Å². The first-order valence-corrected chi connectivity index (χ1v) is 21.1. The number of rotatable bonds is 5. The Morgan fingerprint density at radius 3 is 1.76 bits per heavy atom. The van der Waals surface area contributed by atoms with Crippen LogP contribution in [0.15, 0.2) is 206 Å². The smallest absolute Gasteiger partial charge is 0.0722 e. The molecule has 8 aromatic carbocycles. The van der Waals surface area contributed by atoms with E-state index in [1.54, 1.807) is 0 Å². The van der Waals surface area contributed by atoms with E-state index in [2.05, 4.69) is 219 Å². The van der Waals surface area contributed by atoms with Crippen LogP contribution in [-0.4, -0.2) is 0 Å². The van der Waals surface area contributed by atoms with Gasteiger partial charge in [-0.05, 0) is 133 Å². The highest BCUT2D eigenvalue weighted by molar-refractivity contribution is 5.97. The van der Waals surface area contributed by atoms with Gasteiger partial charge in [0.05, 0.1) is 11.1 Å². The Morgan fingerprint density at radius 2 is 0.983 bits per heavy atom. The van der Waals surface area contributed by atoms with Gasteiger partial charge in [0.2, 0.25) is 0 Å². The number of hydrogen-bond acceptors (Lipinski definition) is 1. The van der Waals surface area contributed by atoms with Crippen molar-refractivity contribution >= 4 is 22.6 Å². The van der Waals surface area contributed by atoms with Crippen LogP contribution in [0, 0.1) is 0 Å². The molecule has 0 heterocycles. The van der Waals surface area contributed by atoms with E-state index in [0.717, 1.165) is 29.9 Å². The van der Waals surface area contributed by atoms with Gasteiger partial charge in [-0.15, -0.1) is 0 Å². The van der Waals surface area contributed by atoms with Gasteiger partial charge in [-0.25, -0.2) is 0 Å². The summed E-state index contributed by atoms with van der Waals surface area (Å²) in [7, 11) is 0. The molecular weight excluding hydrogens is 711 g/mol. The molecule has 1 unspecified atom stereocenters. The van der Waals surface area contributed by atoms with Crippen LogP contribution in [0.5, 0.6) is 0 Å². The number of benzene rings is 8. The van der Waals surface area contributed by atoms with Crippen LogP contribution < -0.4 is 4.90 Å². The fourth-order valence-corrected chi connectivity index (χ4v) is 11.1. The summed E-state index contributed by atoms with van der Waals surface area (Å²) in [5.41, 5.74) is 24.6. The Bertz CT molecular complexity index is 3070. The largest absolute Gasteiger partial charge is 0.310 e. The maximum Gasteiger partial charge on any atom is 0.0722 e. The lowest BCUT2D eigenvalue weighted by atomic mass is 9.69. The Kier molecular flexibility index (Phi) is 7.38. The van der Waals surface area contributed by atoms with E-state index in [0.29, 0.717) is 0 Å². The molecule has 1 heteroatoms. The average Bonchev–Trinajstić information content (AvgIpc) is 3.85. The van der Waals surface area contributed by atoms with Crippen LogP contribution in [0.3, 0.4) is 0 Å². The lowest BCUT2D eigenvalue weighted by molar-refractivity contribution is 0.660. The van der Waals surface area contributed by atoms with Crippen LogP contribution >= 0.6 is 0 Å². The molecule has 0 radical (unpaired) electrons. The molecule has 0 bridgehead atoms. The zero-order valence-corrected chi connectivity index (χ0v) is 33.4. The molecule has 0 saturated heterocycles. The molecule has 1 nitrogen and oxygen atoms in total. The number of hydrogen-bond donors (Lipinski definition) is 0. The zero-order valence-electron chi connectivity index (χ0n) is 33.4. The minimum Gasteiger partial charge on any atom is -0.310 e. The second-order valence-corrected chi connectivity index (χ2v) is 17.1. The van der Waals surface area contributed by atoms with Crippen molar-refractivity contribution in [3.05, 3.63) is 239 Å². The van der Waals surface area contributed by atoms with Gasteiger partial charge in [0.25, 0.3) is 0 Å². The molecule has 12 rings (SSSR count). The summed E-state index contributed by atoms with van der Waals surface area (Å²) in [6.07, 6.45) is 7.00. The predicted octanol–water partition coefficient (Wildman–Crippen LogP) is 15.2. The third-order valence-corrected chi connectivity index (χ3v) is 13.8. The summed E-state index contributed by atoms with van der Waals surface area (Å²) in [6, 6.07) is 70.4. The highest BCUT2D eigenvalue weighted by atomic mass is 15.1. The minimum atomic E-state index is -0.282. The lowest BCUT2D eigenvalue weighted by Crippen LogP contribution is -2.27. The third kappa shape index (κ3) is 4.79. The number of nitrogens with zero attached hydrogens (tertiary/aromatic N) is 1. The topological polar surface area (TPSA) is 3.24 Å². The van der Waals surface area contributed by atoms with E-state index in [-0.39, 0.29) is 10.8 Å². The van der Waals surface area contributed by atoms with Gasteiger partial charge >= 0.3 is 0 Å². The first-order chi connectivity index (χ1) is 29.0. The van der Waals surface area contributed by atoms with E-state index >= 15 is 0 Å². The Hall–Kier alpha value is -6.96. The van der Waals surface area contributed by atoms with Crippen molar-refractivity contribution in [3.63, 3.8) is 0 Å². The summed E-state index contributed by atoms with van der Waals surface area (Å²) < 4.78 is 0. The molecule has 1 atom stereocenters. The minimum absolute atomic E-state index is 0.104. The van der Waals surface area contributed by atoms with Crippen LogP contribution in [0.2, 0.25) is 0 Å². The normalized spacial score (nSPS) is 17.3. The van der Waals surface area contributed by atoms with Gasteiger partial charge in [0.15, 0.2) is 0 Å². The van der Waals surface area contributed by atoms with Crippen LogP contribution in [0.1, 0.15) is 60.1 Å². The predicted molar refractivity (Wildman–Crippen MR) is 247 cm³/mol. The molecule has 8 aromatic rings. The van der Waals surface area contributed by atoms with Gasteiger partial charge in [-0.2, -0.15) is 0 Å². The second kappa shape index (κ2) is 12.8. The van der Waals surface area contributed by atoms with E-state index in [1.165, 1.54) is 89.0 Å². The standard InChI is InChI=1S/C58H43N/c1-57(2)50-23-11-6-19-44(50)48-34-33-42(37-55(48)57)59(56-27-15-10-18-43(56)39-16-4-3-5-17-39)41-31-28-38(29-32-41)40-30-35-54-49(36-40)47-22-9-14-26-53(47)58(54)51-24-12-7-20-45(51)46-21-8-13-25-52(46)58/h3-7,9-20,22-37H,8,21H2,1-2H3. The summed E-state index contributed by atoms with van der Waals surface area (Å²) in [4.78, 5) is 2.45. The average molecular weight is 754 g/mol. The van der Waals surface area contributed by atoms with Crippen molar-refractivity contribution in [3.8, 4) is 44.5 Å². The summed E-state index contributed by atoms with van der Waals surface area (Å²) >= 11 is 0. The molecule has 1 spiro atoms. The monoisotopic (exact) mass is 753 g/mol. The molecular formula is C58H43N. The van der Waals surface area contributed by atoms with Crippen molar-refractivity contribution in [1.29, 1.82) is 0 Å². The summed E-state index contributed by atoms with van der Waals surface area (Å²) in [6.45, 7) is 4.73. The molecule has 0 saturated carbocycles. The summed E-state index contributed by atoms with van der Waals surface area (Å²) in [5.74, 6) is 0. The molecule has 280 valence electrons. The number of fused-ring (bicyclic) bond motifs is 12. The van der Waals surface area contributed by atoms with Gasteiger partial charge in [-0.1, -0.05) is 178 Å². The Labute approximate surface area is 347 Å². The van der Waals surface area contributed by atoms with Gasteiger partial charge in [-0.3, -0.25) is 0 Å². The highest BCUT2D eigenvalue weighted by Crippen LogP contribution is 2.63. The zero-order chi connectivity index (χ0) is 39.3. The number of anilines is 3.